The van der Waals surface area contributed by atoms with Crippen LogP contribution in [0, 0.1) is 0 Å². The molecule has 0 saturated carbocycles. The van der Waals surface area contributed by atoms with E-state index in [4.69, 9.17) is 10.5 Å². The van der Waals surface area contributed by atoms with Crippen LogP contribution < -0.4 is 15.8 Å². The zero-order valence-corrected chi connectivity index (χ0v) is 20.8. The smallest absolute Gasteiger partial charge is 0.426 e. The Kier molecular flexibility index (Phi) is 7.00. The number of nitrogen functional groups attached to an aromatic ring is 1. The number of hydrogen-bond donors (Lipinski definition) is 3. The average molecular weight is 597 g/mol. The topological polar surface area (TPSA) is 148 Å². The summed E-state index contributed by atoms with van der Waals surface area (Å²) in [6.07, 6.45) is -8.47. The summed E-state index contributed by atoms with van der Waals surface area (Å²) < 4.78 is 115. The second-order valence-corrected chi connectivity index (χ2v) is 9.17. The lowest BCUT2D eigenvalue weighted by atomic mass is 10.1. The third-order valence-electron chi connectivity index (χ3n) is 6.35. The highest BCUT2D eigenvalue weighted by Crippen LogP contribution is 2.39. The van der Waals surface area contributed by atoms with Crippen molar-refractivity contribution in [2.75, 3.05) is 25.9 Å². The second-order valence-electron chi connectivity index (χ2n) is 9.17. The number of carbonyl (C=O) groups is 2. The number of amides is 2. The first-order chi connectivity index (χ1) is 18.8. The van der Waals surface area contributed by atoms with Gasteiger partial charge in [0.05, 0.1) is 24.9 Å². The SMILES string of the molecule is COc1ncc(-c2cc(C(F)(F)F)c3c(N)ncnn23)cc1C(=O)NC1CN(C(=O)[C@@](C)(O)C(F)(F)F)CC1(F)F. The lowest BCUT2D eigenvalue weighted by Gasteiger charge is -2.29. The van der Waals surface area contributed by atoms with Crippen molar-refractivity contribution < 1.29 is 54.6 Å². The first kappa shape index (κ1) is 29.7. The maximum Gasteiger partial charge on any atom is 0.426 e. The van der Waals surface area contributed by atoms with Crippen molar-refractivity contribution in [3.05, 3.63) is 35.8 Å². The standard InChI is InChI=1S/C22H19F8N7O4/c1-19(40,22(28,29)30)18(39)36-6-13(20(23,24)7-36)35-16(38)10-3-9(5-32-17(10)41-2)12-4-11(21(25,26)27)14-15(31)33-8-34-37(12)14/h3-5,8,13,40H,6-7H2,1-2H3,(H,35,38)(H2,31,33,34)/t13?,19-/m1/s1. The van der Waals surface area contributed by atoms with E-state index < -0.39 is 83.2 Å². The van der Waals surface area contributed by atoms with Crippen LogP contribution in [0.15, 0.2) is 24.7 Å². The number of likely N-dealkylation sites (tertiary alicyclic amines) is 1. The van der Waals surface area contributed by atoms with E-state index in [1.807, 2.05) is 5.32 Å². The number of pyridine rings is 1. The Balaban J connectivity index is 1.68. The average Bonchev–Trinajstić information content (AvgIpc) is 3.40. The molecular formula is C22H19F8N7O4. The number of aromatic nitrogens is 4. The first-order valence-electron chi connectivity index (χ1n) is 11.3. The van der Waals surface area contributed by atoms with Gasteiger partial charge in [-0.25, -0.2) is 23.3 Å². The number of nitrogens with zero attached hydrogens (tertiary/aromatic N) is 5. The number of carbonyl (C=O) groups excluding carboxylic acids is 2. The zero-order chi connectivity index (χ0) is 30.7. The van der Waals surface area contributed by atoms with Crippen molar-refractivity contribution in [3.63, 3.8) is 0 Å². The van der Waals surface area contributed by atoms with Crippen LogP contribution in [-0.4, -0.2) is 85.3 Å². The molecule has 3 aromatic rings. The van der Waals surface area contributed by atoms with Crippen LogP contribution in [0.3, 0.4) is 0 Å². The van der Waals surface area contributed by atoms with Crippen LogP contribution in [0.2, 0.25) is 0 Å². The molecule has 0 radical (unpaired) electrons. The number of aliphatic hydroxyl groups is 1. The maximum atomic E-state index is 14.7. The molecule has 11 nitrogen and oxygen atoms in total. The van der Waals surface area contributed by atoms with E-state index in [9.17, 15) is 49.8 Å². The molecule has 19 heteroatoms. The number of ether oxygens (including phenoxy) is 1. The van der Waals surface area contributed by atoms with Gasteiger partial charge in [0.2, 0.25) is 11.5 Å². The van der Waals surface area contributed by atoms with Gasteiger partial charge in [-0.2, -0.15) is 31.4 Å². The number of alkyl halides is 8. The maximum absolute atomic E-state index is 14.7. The van der Waals surface area contributed by atoms with Gasteiger partial charge in [-0.1, -0.05) is 0 Å². The van der Waals surface area contributed by atoms with Gasteiger partial charge in [0.25, 0.3) is 17.7 Å². The Morgan fingerprint density at radius 3 is 2.41 bits per heavy atom. The van der Waals surface area contributed by atoms with Crippen LogP contribution in [0.25, 0.3) is 16.8 Å². The predicted octanol–water partition coefficient (Wildman–Crippen LogP) is 2.29. The molecule has 222 valence electrons. The van der Waals surface area contributed by atoms with E-state index in [0.717, 1.165) is 30.2 Å². The van der Waals surface area contributed by atoms with Crippen LogP contribution in [-0.2, 0) is 11.0 Å². The number of methoxy groups -OCH3 is 1. The number of fused-ring (bicyclic) bond motifs is 1. The molecule has 4 rings (SSSR count). The monoisotopic (exact) mass is 597 g/mol. The van der Waals surface area contributed by atoms with Crippen LogP contribution in [0.4, 0.5) is 40.9 Å². The highest BCUT2D eigenvalue weighted by molar-refractivity contribution is 5.98. The van der Waals surface area contributed by atoms with E-state index in [2.05, 4.69) is 15.1 Å². The van der Waals surface area contributed by atoms with Crippen molar-refractivity contribution >= 4 is 23.1 Å². The Morgan fingerprint density at radius 1 is 1.17 bits per heavy atom. The summed E-state index contributed by atoms with van der Waals surface area (Å²) in [7, 11) is 1.06. The van der Waals surface area contributed by atoms with Crippen molar-refractivity contribution in [3.8, 4) is 17.1 Å². The molecule has 1 unspecified atom stereocenters. The Labute approximate surface area is 223 Å². The lowest BCUT2D eigenvalue weighted by Crippen LogP contribution is -2.56. The van der Waals surface area contributed by atoms with Crippen molar-refractivity contribution in [1.29, 1.82) is 0 Å². The second kappa shape index (κ2) is 9.67. The van der Waals surface area contributed by atoms with Gasteiger partial charge in [-0.15, -0.1) is 0 Å². The summed E-state index contributed by atoms with van der Waals surface area (Å²) in [6, 6.07) is -0.590. The number of hydrogen-bond acceptors (Lipinski definition) is 8. The number of nitrogens with one attached hydrogen (secondary N) is 1. The summed E-state index contributed by atoms with van der Waals surface area (Å²) >= 11 is 0. The van der Waals surface area contributed by atoms with Gasteiger partial charge in [-0.3, -0.25) is 9.59 Å². The van der Waals surface area contributed by atoms with E-state index in [-0.39, 0.29) is 23.1 Å². The number of halogens is 8. The molecule has 4 N–H and O–H groups in total. The van der Waals surface area contributed by atoms with Gasteiger partial charge in [-0.05, 0) is 19.1 Å². The summed E-state index contributed by atoms with van der Waals surface area (Å²) in [5, 5.41) is 15.2. The molecule has 41 heavy (non-hydrogen) atoms. The fourth-order valence-electron chi connectivity index (χ4n) is 4.16. The van der Waals surface area contributed by atoms with E-state index >= 15 is 0 Å². The number of nitrogens with two attached hydrogens (primary N) is 1. The molecule has 3 aromatic heterocycles. The van der Waals surface area contributed by atoms with Crippen molar-refractivity contribution in [2.45, 2.75) is 36.8 Å². The minimum atomic E-state index is -5.47. The molecule has 2 atom stereocenters. The molecule has 0 spiro atoms. The van der Waals surface area contributed by atoms with Gasteiger partial charge in [0.15, 0.2) is 5.82 Å². The van der Waals surface area contributed by atoms with Crippen LogP contribution >= 0.6 is 0 Å². The first-order valence-corrected chi connectivity index (χ1v) is 11.3. The molecule has 1 aliphatic heterocycles. The fraction of sp³-hybridized carbons (Fsp3) is 0.409. The lowest BCUT2D eigenvalue weighted by molar-refractivity contribution is -0.250. The van der Waals surface area contributed by atoms with E-state index in [1.165, 1.54) is 0 Å². The van der Waals surface area contributed by atoms with Gasteiger partial charge >= 0.3 is 12.4 Å². The summed E-state index contributed by atoms with van der Waals surface area (Å²) in [5.74, 6) is -8.23. The fourth-order valence-corrected chi connectivity index (χ4v) is 4.16. The highest BCUT2D eigenvalue weighted by atomic mass is 19.4. The molecule has 1 aliphatic rings. The summed E-state index contributed by atoms with van der Waals surface area (Å²) in [5.41, 5.74) is -1.11. The molecule has 1 saturated heterocycles. The molecule has 0 aromatic carbocycles. The summed E-state index contributed by atoms with van der Waals surface area (Å²) in [4.78, 5) is 32.7. The molecule has 2 amide bonds. The van der Waals surface area contributed by atoms with Gasteiger partial charge < -0.3 is 25.8 Å². The molecule has 4 heterocycles. The van der Waals surface area contributed by atoms with E-state index in [1.54, 1.807) is 0 Å². The Bertz CT molecular complexity index is 1520. The minimum absolute atomic E-state index is 0.0554. The highest BCUT2D eigenvalue weighted by Gasteiger charge is 2.60. The molecule has 1 fully saturated rings. The van der Waals surface area contributed by atoms with Gasteiger partial charge in [0.1, 0.15) is 23.4 Å². The Morgan fingerprint density at radius 2 is 1.83 bits per heavy atom. The predicted molar refractivity (Wildman–Crippen MR) is 122 cm³/mol. The third kappa shape index (κ3) is 5.16. The van der Waals surface area contributed by atoms with Crippen molar-refractivity contribution in [1.82, 2.24) is 29.8 Å². The molecular weight excluding hydrogens is 578 g/mol. The van der Waals surface area contributed by atoms with E-state index in [0.29, 0.717) is 6.07 Å². The van der Waals surface area contributed by atoms with Gasteiger partial charge in [0, 0.05) is 18.3 Å². The summed E-state index contributed by atoms with van der Waals surface area (Å²) in [6.45, 7) is -2.54. The zero-order valence-electron chi connectivity index (χ0n) is 20.8. The van der Waals surface area contributed by atoms with Crippen molar-refractivity contribution in [2.24, 2.45) is 0 Å². The Hall–Kier alpha value is -4.29. The largest absolute Gasteiger partial charge is 0.480 e. The quantitative estimate of drug-likeness (QED) is 0.380. The molecule has 0 bridgehead atoms. The number of rotatable bonds is 5. The van der Waals surface area contributed by atoms with Crippen LogP contribution in [0.5, 0.6) is 5.88 Å². The normalized spacial score (nSPS) is 18.8. The minimum Gasteiger partial charge on any atom is -0.480 e. The number of anilines is 1. The van der Waals surface area contributed by atoms with Crippen LogP contribution in [0.1, 0.15) is 22.8 Å². The molecule has 0 aliphatic carbocycles. The third-order valence-corrected chi connectivity index (χ3v) is 6.35.